The zero-order valence-electron chi connectivity index (χ0n) is 10.8. The smallest absolute Gasteiger partial charge is 0.271 e. The van der Waals surface area contributed by atoms with Crippen molar-refractivity contribution in [3.05, 3.63) is 38.5 Å². The van der Waals surface area contributed by atoms with Gasteiger partial charge in [0.2, 0.25) is 0 Å². The summed E-state index contributed by atoms with van der Waals surface area (Å²) in [7, 11) is 0. The van der Waals surface area contributed by atoms with Crippen molar-refractivity contribution in [2.45, 2.75) is 32.4 Å². The van der Waals surface area contributed by atoms with E-state index in [-0.39, 0.29) is 11.9 Å². The van der Waals surface area contributed by atoms with Crippen LogP contribution in [0.1, 0.15) is 46.2 Å². The minimum absolute atomic E-state index is 0.0699. The van der Waals surface area contributed by atoms with Gasteiger partial charge in [0.1, 0.15) is 10.7 Å². The highest BCUT2D eigenvalue weighted by Gasteiger charge is 2.17. The maximum absolute atomic E-state index is 12.2. The van der Waals surface area contributed by atoms with Gasteiger partial charge in [-0.15, -0.1) is 22.7 Å². The Morgan fingerprint density at radius 2 is 2.37 bits per heavy atom. The third kappa shape index (κ3) is 3.62. The topological polar surface area (TPSA) is 68.0 Å². The number of thiazole rings is 1. The van der Waals surface area contributed by atoms with Gasteiger partial charge in [0.15, 0.2) is 0 Å². The van der Waals surface area contributed by atoms with Crippen LogP contribution in [0.3, 0.4) is 0 Å². The van der Waals surface area contributed by atoms with E-state index in [0.717, 1.165) is 17.8 Å². The van der Waals surface area contributed by atoms with E-state index >= 15 is 0 Å². The Hall–Kier alpha value is -1.24. The Morgan fingerprint density at radius 1 is 1.53 bits per heavy atom. The standard InChI is InChI=1S/C13H17N3OS2/c1-2-4-9(11-5-3-6-18-11)16-13(17)10-8-19-12(7-14)15-10/h3,5-6,8-9H,2,4,7,14H2,1H3,(H,16,17). The monoisotopic (exact) mass is 295 g/mol. The fourth-order valence-corrected chi connectivity index (χ4v) is 3.27. The van der Waals surface area contributed by atoms with Crippen molar-refractivity contribution in [1.29, 1.82) is 0 Å². The fraction of sp³-hybridized carbons (Fsp3) is 0.385. The van der Waals surface area contributed by atoms with Crippen molar-refractivity contribution in [2.75, 3.05) is 0 Å². The molecule has 6 heteroatoms. The average Bonchev–Trinajstić information content (AvgIpc) is 3.09. The van der Waals surface area contributed by atoms with Crippen molar-refractivity contribution in [3.8, 4) is 0 Å². The van der Waals surface area contributed by atoms with Crippen LogP contribution in [0.15, 0.2) is 22.9 Å². The van der Waals surface area contributed by atoms with Crippen LogP contribution >= 0.6 is 22.7 Å². The van der Waals surface area contributed by atoms with Gasteiger partial charge in [-0.25, -0.2) is 4.98 Å². The first kappa shape index (κ1) is 14.2. The molecule has 19 heavy (non-hydrogen) atoms. The molecule has 0 bridgehead atoms. The highest BCUT2D eigenvalue weighted by atomic mass is 32.1. The third-order valence-corrected chi connectivity index (χ3v) is 4.59. The van der Waals surface area contributed by atoms with Crippen LogP contribution in [0.4, 0.5) is 0 Å². The first-order valence-corrected chi connectivity index (χ1v) is 7.99. The van der Waals surface area contributed by atoms with E-state index in [0.29, 0.717) is 12.2 Å². The van der Waals surface area contributed by atoms with Crippen molar-refractivity contribution >= 4 is 28.6 Å². The predicted octanol–water partition coefficient (Wildman–Crippen LogP) is 2.93. The number of nitrogens with zero attached hydrogens (tertiary/aromatic N) is 1. The van der Waals surface area contributed by atoms with E-state index in [1.165, 1.54) is 16.2 Å². The second-order valence-electron chi connectivity index (χ2n) is 4.16. The van der Waals surface area contributed by atoms with E-state index in [4.69, 9.17) is 5.73 Å². The molecule has 0 aliphatic rings. The quantitative estimate of drug-likeness (QED) is 0.861. The summed E-state index contributed by atoms with van der Waals surface area (Å²) in [5.41, 5.74) is 5.97. The second kappa shape index (κ2) is 6.79. The molecule has 0 saturated heterocycles. The normalized spacial score (nSPS) is 12.3. The van der Waals surface area contributed by atoms with E-state index in [9.17, 15) is 4.79 Å². The molecule has 2 rings (SSSR count). The molecule has 0 fully saturated rings. The Kier molecular flexibility index (Phi) is 5.07. The zero-order chi connectivity index (χ0) is 13.7. The van der Waals surface area contributed by atoms with Gasteiger partial charge in [0.25, 0.3) is 5.91 Å². The number of carbonyl (C=O) groups excluding carboxylic acids is 1. The maximum atomic E-state index is 12.2. The second-order valence-corrected chi connectivity index (χ2v) is 6.08. The van der Waals surface area contributed by atoms with Gasteiger partial charge >= 0.3 is 0 Å². The van der Waals surface area contributed by atoms with Crippen molar-refractivity contribution in [3.63, 3.8) is 0 Å². The Morgan fingerprint density at radius 3 is 2.95 bits per heavy atom. The van der Waals surface area contributed by atoms with Crippen LogP contribution in [0.2, 0.25) is 0 Å². The van der Waals surface area contributed by atoms with E-state index in [1.54, 1.807) is 16.7 Å². The van der Waals surface area contributed by atoms with Crippen molar-refractivity contribution < 1.29 is 4.79 Å². The Bertz CT molecular complexity index is 522. The Labute approximate surface area is 120 Å². The zero-order valence-corrected chi connectivity index (χ0v) is 12.4. The average molecular weight is 295 g/mol. The molecule has 0 aromatic carbocycles. The number of rotatable bonds is 6. The highest BCUT2D eigenvalue weighted by molar-refractivity contribution is 7.10. The summed E-state index contributed by atoms with van der Waals surface area (Å²) in [6.07, 6.45) is 1.95. The molecule has 4 nitrogen and oxygen atoms in total. The number of hydrogen-bond acceptors (Lipinski definition) is 5. The summed E-state index contributed by atoms with van der Waals surface area (Å²) >= 11 is 3.09. The van der Waals surface area contributed by atoms with Crippen LogP contribution < -0.4 is 11.1 Å². The number of hydrogen-bond donors (Lipinski definition) is 2. The van der Waals surface area contributed by atoms with Crippen LogP contribution in [0, 0.1) is 0 Å². The minimum atomic E-state index is -0.122. The molecule has 3 N–H and O–H groups in total. The minimum Gasteiger partial charge on any atom is -0.343 e. The molecule has 0 spiro atoms. The lowest BCUT2D eigenvalue weighted by molar-refractivity contribution is 0.0930. The van der Waals surface area contributed by atoms with E-state index in [1.807, 2.05) is 11.4 Å². The number of nitrogens with one attached hydrogen (secondary N) is 1. The molecule has 1 atom stereocenters. The number of carbonyl (C=O) groups is 1. The van der Waals surface area contributed by atoms with Crippen LogP contribution in [0.5, 0.6) is 0 Å². The summed E-state index contributed by atoms with van der Waals surface area (Å²) in [6.45, 7) is 2.49. The summed E-state index contributed by atoms with van der Waals surface area (Å²) in [6, 6.07) is 4.13. The highest BCUT2D eigenvalue weighted by Crippen LogP contribution is 2.23. The summed E-state index contributed by atoms with van der Waals surface area (Å²) in [4.78, 5) is 17.5. The van der Waals surface area contributed by atoms with Gasteiger partial charge in [-0.1, -0.05) is 19.4 Å². The van der Waals surface area contributed by atoms with Gasteiger partial charge in [0, 0.05) is 16.8 Å². The molecule has 0 aliphatic heterocycles. The number of amides is 1. The number of aromatic nitrogens is 1. The molecule has 2 aromatic rings. The lowest BCUT2D eigenvalue weighted by Crippen LogP contribution is -2.28. The lowest BCUT2D eigenvalue weighted by atomic mass is 10.1. The number of thiophene rings is 1. The molecule has 1 amide bonds. The molecule has 1 unspecified atom stereocenters. The largest absolute Gasteiger partial charge is 0.343 e. The van der Waals surface area contributed by atoms with Crippen LogP contribution in [0.25, 0.3) is 0 Å². The van der Waals surface area contributed by atoms with E-state index in [2.05, 4.69) is 23.3 Å². The summed E-state index contributed by atoms with van der Waals surface area (Å²) < 4.78 is 0. The molecule has 0 saturated carbocycles. The fourth-order valence-electron chi connectivity index (χ4n) is 1.80. The third-order valence-electron chi connectivity index (χ3n) is 2.73. The van der Waals surface area contributed by atoms with Gasteiger partial charge in [-0.05, 0) is 17.9 Å². The molecule has 102 valence electrons. The van der Waals surface area contributed by atoms with Gasteiger partial charge in [-0.3, -0.25) is 4.79 Å². The SMILES string of the molecule is CCCC(NC(=O)c1csc(CN)n1)c1cccs1. The summed E-state index contributed by atoms with van der Waals surface area (Å²) in [5.74, 6) is -0.122. The lowest BCUT2D eigenvalue weighted by Gasteiger charge is -2.15. The maximum Gasteiger partial charge on any atom is 0.271 e. The van der Waals surface area contributed by atoms with Crippen LogP contribution in [-0.4, -0.2) is 10.9 Å². The molecular weight excluding hydrogens is 278 g/mol. The molecular formula is C13H17N3OS2. The van der Waals surface area contributed by atoms with Gasteiger partial charge in [-0.2, -0.15) is 0 Å². The molecule has 0 radical (unpaired) electrons. The predicted molar refractivity (Wildman–Crippen MR) is 79.4 cm³/mol. The number of nitrogens with two attached hydrogens (primary N) is 1. The molecule has 2 aromatic heterocycles. The molecule has 2 heterocycles. The summed E-state index contributed by atoms with van der Waals surface area (Å²) in [5, 5.41) is 7.62. The van der Waals surface area contributed by atoms with Crippen molar-refractivity contribution in [2.24, 2.45) is 5.73 Å². The van der Waals surface area contributed by atoms with Gasteiger partial charge < -0.3 is 11.1 Å². The van der Waals surface area contributed by atoms with Crippen LogP contribution in [-0.2, 0) is 6.54 Å². The first-order valence-electron chi connectivity index (χ1n) is 6.23. The van der Waals surface area contributed by atoms with E-state index < -0.39 is 0 Å². The van der Waals surface area contributed by atoms with Gasteiger partial charge in [0.05, 0.1) is 6.04 Å². The molecule has 0 aliphatic carbocycles. The first-order chi connectivity index (χ1) is 9.24. The van der Waals surface area contributed by atoms with Crippen molar-refractivity contribution in [1.82, 2.24) is 10.3 Å². The Balaban J connectivity index is 2.06.